The van der Waals surface area contributed by atoms with Gasteiger partial charge >= 0.3 is 17.8 Å². The summed E-state index contributed by atoms with van der Waals surface area (Å²) in [5, 5.41) is 9.49. The smallest absolute Gasteiger partial charge is 0.343 e. The molecule has 4 rings (SSSR count). The van der Waals surface area contributed by atoms with Crippen LogP contribution in [0.4, 0.5) is 11.4 Å². The number of aryl methyl sites for hydroxylation is 1. The predicted octanol–water partition coefficient (Wildman–Crippen LogP) is 5.21. The van der Waals surface area contributed by atoms with E-state index < -0.39 is 23.7 Å². The molecule has 4 aromatic carbocycles. The maximum absolute atomic E-state index is 12.7. The predicted molar refractivity (Wildman–Crippen MR) is 153 cm³/mol. The highest BCUT2D eigenvalue weighted by atomic mass is 35.5. The van der Waals surface area contributed by atoms with E-state index in [1.54, 1.807) is 72.8 Å². The van der Waals surface area contributed by atoms with Crippen molar-refractivity contribution in [1.82, 2.24) is 5.43 Å². The number of nitrogens with one attached hydrogen (secondary N) is 3. The van der Waals surface area contributed by atoms with Gasteiger partial charge < -0.3 is 15.4 Å². The van der Waals surface area contributed by atoms with E-state index in [9.17, 15) is 19.2 Å². The van der Waals surface area contributed by atoms with Gasteiger partial charge in [-0.25, -0.2) is 10.2 Å². The molecule has 3 N–H and O–H groups in total. The third-order valence-corrected chi connectivity index (χ3v) is 5.74. The standard InChI is InChI=1S/C30H23ClN4O5/c1-19-6-14-23(15-7-19)33-27(36)25-4-2-3-5-26(25)34-28(37)29(38)35-32-18-20-8-16-24(17-9-20)40-30(39)21-10-12-22(31)13-11-21/h2-18H,1H3,(H,33,36)(H,34,37)(H,35,38). The Morgan fingerprint density at radius 1 is 0.775 bits per heavy atom. The van der Waals surface area contributed by atoms with Gasteiger partial charge in [-0.05, 0) is 85.3 Å². The summed E-state index contributed by atoms with van der Waals surface area (Å²) in [6, 6.07) is 26.2. The number of esters is 1. The number of hydrogen-bond donors (Lipinski definition) is 3. The van der Waals surface area contributed by atoms with Crippen LogP contribution in [-0.2, 0) is 9.59 Å². The zero-order valence-electron chi connectivity index (χ0n) is 21.2. The second-order valence-corrected chi connectivity index (χ2v) is 8.92. The fraction of sp³-hybridized carbons (Fsp3) is 0.0333. The van der Waals surface area contributed by atoms with Gasteiger partial charge in [0.25, 0.3) is 5.91 Å². The third-order valence-electron chi connectivity index (χ3n) is 5.49. The molecule has 0 unspecified atom stereocenters. The van der Waals surface area contributed by atoms with E-state index in [1.807, 2.05) is 19.1 Å². The lowest BCUT2D eigenvalue weighted by Crippen LogP contribution is -2.33. The summed E-state index contributed by atoms with van der Waals surface area (Å²) < 4.78 is 5.31. The van der Waals surface area contributed by atoms with Crippen molar-refractivity contribution in [1.29, 1.82) is 0 Å². The molecule has 0 heterocycles. The van der Waals surface area contributed by atoms with E-state index in [0.717, 1.165) is 5.56 Å². The van der Waals surface area contributed by atoms with Gasteiger partial charge in [-0.3, -0.25) is 14.4 Å². The first kappa shape index (κ1) is 27.7. The van der Waals surface area contributed by atoms with Crippen molar-refractivity contribution >= 4 is 52.9 Å². The molecule has 0 aliphatic carbocycles. The molecule has 0 aliphatic heterocycles. The average Bonchev–Trinajstić information content (AvgIpc) is 2.95. The Morgan fingerprint density at radius 2 is 1.45 bits per heavy atom. The number of rotatable bonds is 7. The van der Waals surface area contributed by atoms with E-state index in [2.05, 4.69) is 21.2 Å². The summed E-state index contributed by atoms with van der Waals surface area (Å²) in [5.74, 6) is -2.70. The minimum Gasteiger partial charge on any atom is -0.423 e. The normalized spacial score (nSPS) is 10.6. The lowest BCUT2D eigenvalue weighted by atomic mass is 10.1. The number of carbonyl (C=O) groups excluding carboxylic acids is 4. The van der Waals surface area contributed by atoms with E-state index in [0.29, 0.717) is 27.6 Å². The van der Waals surface area contributed by atoms with Crippen molar-refractivity contribution in [3.8, 4) is 5.75 Å². The third kappa shape index (κ3) is 7.62. The molecule has 0 atom stereocenters. The topological polar surface area (TPSA) is 126 Å². The highest BCUT2D eigenvalue weighted by molar-refractivity contribution is 6.40. The van der Waals surface area contributed by atoms with Gasteiger partial charge in [0.1, 0.15) is 5.75 Å². The number of ether oxygens (including phenoxy) is 1. The zero-order chi connectivity index (χ0) is 28.5. The number of benzene rings is 4. The highest BCUT2D eigenvalue weighted by Gasteiger charge is 2.18. The van der Waals surface area contributed by atoms with Crippen LogP contribution in [0.2, 0.25) is 5.02 Å². The van der Waals surface area contributed by atoms with Gasteiger partial charge in [-0.2, -0.15) is 5.10 Å². The molecule has 3 amide bonds. The first-order valence-electron chi connectivity index (χ1n) is 12.0. The molecule has 0 aliphatic rings. The monoisotopic (exact) mass is 554 g/mol. The summed E-state index contributed by atoms with van der Waals surface area (Å²) in [4.78, 5) is 49.6. The molecular formula is C30H23ClN4O5. The van der Waals surface area contributed by atoms with Crippen LogP contribution in [-0.4, -0.2) is 29.9 Å². The first-order valence-corrected chi connectivity index (χ1v) is 12.4. The largest absolute Gasteiger partial charge is 0.423 e. The number of nitrogens with zero attached hydrogens (tertiary/aromatic N) is 1. The molecule has 4 aromatic rings. The van der Waals surface area contributed by atoms with Crippen molar-refractivity contribution in [2.75, 3.05) is 10.6 Å². The molecule has 0 fully saturated rings. The summed E-state index contributed by atoms with van der Waals surface area (Å²) in [6.07, 6.45) is 1.32. The second-order valence-electron chi connectivity index (χ2n) is 8.48. The van der Waals surface area contributed by atoms with Gasteiger partial charge in [0.05, 0.1) is 23.0 Å². The zero-order valence-corrected chi connectivity index (χ0v) is 21.9. The van der Waals surface area contributed by atoms with Crippen LogP contribution in [0.1, 0.15) is 31.8 Å². The van der Waals surface area contributed by atoms with Crippen molar-refractivity contribution in [2.24, 2.45) is 5.10 Å². The Morgan fingerprint density at radius 3 is 2.15 bits per heavy atom. The van der Waals surface area contributed by atoms with E-state index in [-0.39, 0.29) is 11.3 Å². The molecule has 9 nitrogen and oxygen atoms in total. The van der Waals surface area contributed by atoms with Crippen LogP contribution >= 0.6 is 11.6 Å². The van der Waals surface area contributed by atoms with Crippen molar-refractivity contribution < 1.29 is 23.9 Å². The molecule has 200 valence electrons. The van der Waals surface area contributed by atoms with E-state index >= 15 is 0 Å². The number of anilines is 2. The lowest BCUT2D eigenvalue weighted by Gasteiger charge is -2.11. The number of amides is 3. The molecule has 0 saturated carbocycles. The maximum atomic E-state index is 12.7. The fourth-order valence-corrected chi connectivity index (χ4v) is 3.52. The van der Waals surface area contributed by atoms with Crippen LogP contribution in [0.3, 0.4) is 0 Å². The van der Waals surface area contributed by atoms with Crippen LogP contribution in [0, 0.1) is 6.92 Å². The molecule has 10 heteroatoms. The summed E-state index contributed by atoms with van der Waals surface area (Å²) in [5.41, 5.74) is 5.06. The number of halogens is 1. The Kier molecular flexibility index (Phi) is 9.01. The number of hydrogen-bond acceptors (Lipinski definition) is 6. The fourth-order valence-electron chi connectivity index (χ4n) is 3.39. The van der Waals surface area contributed by atoms with Gasteiger partial charge in [0.15, 0.2) is 0 Å². The minimum absolute atomic E-state index is 0.167. The number of hydrazone groups is 1. The highest BCUT2D eigenvalue weighted by Crippen LogP contribution is 2.18. The molecule has 0 radical (unpaired) electrons. The SMILES string of the molecule is Cc1ccc(NC(=O)c2ccccc2NC(=O)C(=O)NN=Cc2ccc(OC(=O)c3ccc(Cl)cc3)cc2)cc1. The lowest BCUT2D eigenvalue weighted by molar-refractivity contribution is -0.136. The van der Waals surface area contributed by atoms with Crippen LogP contribution in [0.25, 0.3) is 0 Å². The summed E-state index contributed by atoms with van der Waals surface area (Å²) in [6.45, 7) is 1.94. The van der Waals surface area contributed by atoms with Crippen LogP contribution < -0.4 is 20.8 Å². The average molecular weight is 555 g/mol. The van der Waals surface area contributed by atoms with Gasteiger partial charge in [0, 0.05) is 10.7 Å². The van der Waals surface area contributed by atoms with Crippen molar-refractivity contribution in [2.45, 2.75) is 6.92 Å². The van der Waals surface area contributed by atoms with Crippen LogP contribution in [0.5, 0.6) is 5.75 Å². The van der Waals surface area contributed by atoms with Gasteiger partial charge in [-0.1, -0.05) is 41.4 Å². The first-order chi connectivity index (χ1) is 19.3. The number of para-hydroxylation sites is 1. The van der Waals surface area contributed by atoms with Gasteiger partial charge in [-0.15, -0.1) is 0 Å². The Hall–Kier alpha value is -5.28. The van der Waals surface area contributed by atoms with E-state index in [1.165, 1.54) is 18.3 Å². The van der Waals surface area contributed by atoms with Crippen molar-refractivity contribution in [3.05, 3.63) is 124 Å². The Labute approximate surface area is 234 Å². The molecule has 0 bridgehead atoms. The Balaban J connectivity index is 1.30. The molecule has 0 spiro atoms. The van der Waals surface area contributed by atoms with Crippen molar-refractivity contribution in [3.63, 3.8) is 0 Å². The summed E-state index contributed by atoms with van der Waals surface area (Å²) in [7, 11) is 0. The van der Waals surface area contributed by atoms with Crippen LogP contribution in [0.15, 0.2) is 102 Å². The number of carbonyl (C=O) groups is 4. The summed E-state index contributed by atoms with van der Waals surface area (Å²) >= 11 is 5.83. The second kappa shape index (κ2) is 13.0. The molecule has 0 aromatic heterocycles. The molecular weight excluding hydrogens is 532 g/mol. The maximum Gasteiger partial charge on any atom is 0.343 e. The minimum atomic E-state index is -1.03. The van der Waals surface area contributed by atoms with E-state index in [4.69, 9.17) is 16.3 Å². The molecule has 40 heavy (non-hydrogen) atoms. The van der Waals surface area contributed by atoms with Gasteiger partial charge in [0.2, 0.25) is 0 Å². The Bertz CT molecular complexity index is 1570. The molecule has 0 saturated heterocycles. The quantitative estimate of drug-likeness (QED) is 0.0950.